The van der Waals surface area contributed by atoms with Gasteiger partial charge in [0.05, 0.1) is 6.04 Å². The van der Waals surface area contributed by atoms with Crippen molar-refractivity contribution in [3.05, 3.63) is 135 Å². The number of carboxylic acids is 1. The number of carbonyl (C=O) groups excluding carboxylic acids is 1. The molecule has 0 fully saturated rings. The van der Waals surface area contributed by atoms with E-state index in [2.05, 4.69) is 0 Å². The van der Waals surface area contributed by atoms with E-state index in [1.807, 2.05) is 105 Å². The third-order valence-corrected chi connectivity index (χ3v) is 7.18. The molecule has 7 nitrogen and oxygen atoms in total. The zero-order valence-electron chi connectivity index (χ0n) is 21.9. The highest BCUT2D eigenvalue weighted by Crippen LogP contribution is 2.40. The summed E-state index contributed by atoms with van der Waals surface area (Å²) in [5.41, 5.74) is 1.65. The Morgan fingerprint density at radius 3 is 1.95 bits per heavy atom. The van der Waals surface area contributed by atoms with Gasteiger partial charge < -0.3 is 19.3 Å². The van der Waals surface area contributed by atoms with Gasteiger partial charge in [0.25, 0.3) is 5.91 Å². The Kier molecular flexibility index (Phi) is 7.32. The first-order valence-electron chi connectivity index (χ1n) is 13.0. The highest BCUT2D eigenvalue weighted by atomic mass is 16.5. The third kappa shape index (κ3) is 5.08. The van der Waals surface area contributed by atoms with Crippen LogP contribution in [-0.4, -0.2) is 39.0 Å². The molecule has 0 saturated heterocycles. The van der Waals surface area contributed by atoms with Crippen molar-refractivity contribution in [1.29, 1.82) is 0 Å². The molecule has 0 spiro atoms. The number of aromatic carboxylic acids is 1. The van der Waals surface area contributed by atoms with Crippen LogP contribution < -0.4 is 10.2 Å². The molecule has 0 aliphatic carbocycles. The Hall–Kier alpha value is -4.65. The van der Waals surface area contributed by atoms with Gasteiger partial charge in [0, 0.05) is 24.7 Å². The van der Waals surface area contributed by atoms with Crippen molar-refractivity contribution in [2.45, 2.75) is 38.5 Å². The summed E-state index contributed by atoms with van der Waals surface area (Å²) in [6, 6.07) is 28.5. The lowest BCUT2D eigenvalue weighted by Gasteiger charge is -2.42. The molecule has 198 valence electrons. The standard InChI is InChI=1S/C32H30N2O5/c1-21(2)33-19-26(27(23-14-8-4-9-15-23)24-16-10-5-11-17-24)34-18-25(32(37)38)29(35)30(28(34)31(33)36)39-20-22-12-6-3-7-13-22/h3-18,21,26-27H,19-20H2,1-2H3,(H,37,38)/t26-/m1/s1. The first kappa shape index (κ1) is 26.0. The largest absolute Gasteiger partial charge is 0.483 e. The first-order chi connectivity index (χ1) is 18.9. The van der Waals surface area contributed by atoms with Crippen LogP contribution in [0.3, 0.4) is 0 Å². The van der Waals surface area contributed by atoms with Crippen LogP contribution in [0.25, 0.3) is 0 Å². The van der Waals surface area contributed by atoms with E-state index in [1.54, 1.807) is 9.47 Å². The molecule has 3 aromatic carbocycles. The maximum Gasteiger partial charge on any atom is 0.341 e. The number of aromatic nitrogens is 1. The molecule has 1 N–H and O–H groups in total. The minimum absolute atomic E-state index is 0.0204. The number of nitrogens with zero attached hydrogens (tertiary/aromatic N) is 2. The summed E-state index contributed by atoms with van der Waals surface area (Å²) in [5, 5.41) is 9.98. The molecule has 7 heteroatoms. The van der Waals surface area contributed by atoms with Gasteiger partial charge in [0.15, 0.2) is 11.4 Å². The van der Waals surface area contributed by atoms with Gasteiger partial charge in [0.1, 0.15) is 12.2 Å². The second kappa shape index (κ2) is 11.0. The lowest BCUT2D eigenvalue weighted by atomic mass is 9.83. The molecule has 39 heavy (non-hydrogen) atoms. The van der Waals surface area contributed by atoms with Crippen molar-refractivity contribution >= 4 is 11.9 Å². The summed E-state index contributed by atoms with van der Waals surface area (Å²) < 4.78 is 7.67. The lowest BCUT2D eigenvalue weighted by Crippen LogP contribution is -2.49. The van der Waals surface area contributed by atoms with Gasteiger partial charge in [-0.1, -0.05) is 91.0 Å². The van der Waals surface area contributed by atoms with Crippen LogP contribution in [0, 0.1) is 0 Å². The van der Waals surface area contributed by atoms with Gasteiger partial charge in [-0.15, -0.1) is 0 Å². The van der Waals surface area contributed by atoms with Crippen LogP contribution in [0.5, 0.6) is 5.75 Å². The summed E-state index contributed by atoms with van der Waals surface area (Å²) in [7, 11) is 0. The SMILES string of the molecule is CC(C)N1C[C@H](C(c2ccccc2)c2ccccc2)n2cc(C(=O)O)c(=O)c(OCc3ccccc3)c2C1=O. The fourth-order valence-corrected chi connectivity index (χ4v) is 5.27. The predicted octanol–water partition coefficient (Wildman–Crippen LogP) is 5.36. The molecule has 1 aliphatic heterocycles. The molecule has 0 unspecified atom stereocenters. The van der Waals surface area contributed by atoms with Crippen LogP contribution >= 0.6 is 0 Å². The van der Waals surface area contributed by atoms with Gasteiger partial charge in [-0.2, -0.15) is 0 Å². The van der Waals surface area contributed by atoms with Crippen LogP contribution in [0.2, 0.25) is 0 Å². The molecule has 1 aliphatic rings. The van der Waals surface area contributed by atoms with Crippen molar-refractivity contribution in [1.82, 2.24) is 9.47 Å². The molecule has 0 saturated carbocycles. The van der Waals surface area contributed by atoms with E-state index in [1.165, 1.54) is 6.20 Å². The number of hydrogen-bond donors (Lipinski definition) is 1. The second-order valence-corrected chi connectivity index (χ2v) is 9.95. The van der Waals surface area contributed by atoms with E-state index < -0.39 is 23.0 Å². The average molecular weight is 523 g/mol. The minimum atomic E-state index is -1.37. The first-order valence-corrected chi connectivity index (χ1v) is 13.0. The number of carbonyl (C=O) groups is 2. The van der Waals surface area contributed by atoms with Crippen molar-refractivity contribution in [3.8, 4) is 5.75 Å². The van der Waals surface area contributed by atoms with Gasteiger partial charge >= 0.3 is 5.97 Å². The number of amides is 1. The Morgan fingerprint density at radius 2 is 1.44 bits per heavy atom. The third-order valence-electron chi connectivity index (χ3n) is 7.18. The van der Waals surface area contributed by atoms with Crippen molar-refractivity contribution in [3.63, 3.8) is 0 Å². The van der Waals surface area contributed by atoms with Gasteiger partial charge in [-0.3, -0.25) is 9.59 Å². The highest BCUT2D eigenvalue weighted by molar-refractivity contribution is 5.98. The summed E-state index contributed by atoms with van der Waals surface area (Å²) in [4.78, 5) is 41.3. The smallest absolute Gasteiger partial charge is 0.341 e. The van der Waals surface area contributed by atoms with E-state index in [9.17, 15) is 19.5 Å². The van der Waals surface area contributed by atoms with Crippen LogP contribution in [0.4, 0.5) is 0 Å². The average Bonchev–Trinajstić information content (AvgIpc) is 2.95. The van der Waals surface area contributed by atoms with Crippen molar-refractivity contribution < 1.29 is 19.4 Å². The van der Waals surface area contributed by atoms with Crippen LogP contribution in [-0.2, 0) is 6.61 Å². The number of fused-ring (bicyclic) bond motifs is 1. The molecule has 1 atom stereocenters. The fraction of sp³-hybridized carbons (Fsp3) is 0.219. The van der Waals surface area contributed by atoms with Gasteiger partial charge in [-0.25, -0.2) is 4.79 Å². The van der Waals surface area contributed by atoms with E-state index in [0.717, 1.165) is 16.7 Å². The molecule has 1 amide bonds. The molecule has 4 aromatic rings. The van der Waals surface area contributed by atoms with Crippen molar-refractivity contribution in [2.75, 3.05) is 6.54 Å². The number of hydrogen-bond acceptors (Lipinski definition) is 4. The quantitative estimate of drug-likeness (QED) is 0.336. The number of rotatable bonds is 8. The normalized spacial score (nSPS) is 14.9. The van der Waals surface area contributed by atoms with E-state index >= 15 is 0 Å². The minimum Gasteiger partial charge on any atom is -0.483 e. The number of carboxylic acid groups (broad SMARTS) is 1. The molecule has 2 heterocycles. The molecular weight excluding hydrogens is 492 g/mol. The van der Waals surface area contributed by atoms with Crippen LogP contribution in [0.15, 0.2) is 102 Å². The molecule has 0 bridgehead atoms. The number of benzene rings is 3. The highest BCUT2D eigenvalue weighted by Gasteiger charge is 2.41. The predicted molar refractivity (Wildman–Crippen MR) is 148 cm³/mol. The Labute approximate surface area is 226 Å². The lowest BCUT2D eigenvalue weighted by molar-refractivity contribution is 0.0577. The zero-order chi connectivity index (χ0) is 27.5. The molecular formula is C32H30N2O5. The van der Waals surface area contributed by atoms with Crippen LogP contribution in [0.1, 0.15) is 63.3 Å². The van der Waals surface area contributed by atoms with Gasteiger partial charge in [0.2, 0.25) is 5.43 Å². The molecule has 5 rings (SSSR count). The molecule has 1 aromatic heterocycles. The van der Waals surface area contributed by atoms with E-state index in [0.29, 0.717) is 6.54 Å². The Bertz CT molecular complexity index is 1490. The van der Waals surface area contributed by atoms with E-state index in [-0.39, 0.29) is 35.9 Å². The fourth-order valence-electron chi connectivity index (χ4n) is 5.27. The summed E-state index contributed by atoms with van der Waals surface area (Å²) in [6.07, 6.45) is 1.31. The number of pyridine rings is 1. The topological polar surface area (TPSA) is 88.8 Å². The number of ether oxygens (including phenoxy) is 1. The van der Waals surface area contributed by atoms with E-state index in [4.69, 9.17) is 4.74 Å². The monoisotopic (exact) mass is 522 g/mol. The maximum absolute atomic E-state index is 13.9. The Balaban J connectivity index is 1.75. The summed E-state index contributed by atoms with van der Waals surface area (Å²) >= 11 is 0. The maximum atomic E-state index is 13.9. The summed E-state index contributed by atoms with van der Waals surface area (Å²) in [6.45, 7) is 4.21. The summed E-state index contributed by atoms with van der Waals surface area (Å²) in [5.74, 6) is -2.20. The second-order valence-electron chi connectivity index (χ2n) is 9.95. The zero-order valence-corrected chi connectivity index (χ0v) is 21.9. The van der Waals surface area contributed by atoms with Crippen molar-refractivity contribution in [2.24, 2.45) is 0 Å². The van der Waals surface area contributed by atoms with Gasteiger partial charge in [-0.05, 0) is 30.5 Å². The Morgan fingerprint density at radius 1 is 0.897 bits per heavy atom. The molecule has 0 radical (unpaired) electrons.